The molecule has 1 aromatic carbocycles. The second kappa shape index (κ2) is 6.32. The summed E-state index contributed by atoms with van der Waals surface area (Å²) in [6, 6.07) is 5.30. The van der Waals surface area contributed by atoms with Gasteiger partial charge in [0.2, 0.25) is 12.5 Å². The van der Waals surface area contributed by atoms with Gasteiger partial charge in [0, 0.05) is 12.1 Å². The predicted octanol–water partition coefficient (Wildman–Crippen LogP) is 2.03. The highest BCUT2D eigenvalue weighted by molar-refractivity contribution is 5.85. The molecule has 1 aromatic rings. The van der Waals surface area contributed by atoms with Crippen LogP contribution in [0.5, 0.6) is 17.2 Å². The van der Waals surface area contributed by atoms with Crippen LogP contribution in [0.2, 0.25) is 0 Å². The molecule has 2 N–H and O–H groups in total. The maximum atomic E-state index is 12.3. The molecule has 0 unspecified atom stereocenters. The van der Waals surface area contributed by atoms with Crippen molar-refractivity contribution in [1.82, 2.24) is 0 Å². The van der Waals surface area contributed by atoms with Gasteiger partial charge in [-0.3, -0.25) is 0 Å². The molecular weight excluding hydrogens is 249 g/mol. The van der Waals surface area contributed by atoms with Crippen molar-refractivity contribution >= 4 is 12.4 Å². The van der Waals surface area contributed by atoms with Crippen molar-refractivity contribution in [3.63, 3.8) is 0 Å². The molecule has 0 spiro atoms. The van der Waals surface area contributed by atoms with E-state index in [9.17, 15) is 4.39 Å². The molecule has 0 aromatic heterocycles. The van der Waals surface area contributed by atoms with Gasteiger partial charge < -0.3 is 19.9 Å². The van der Waals surface area contributed by atoms with Crippen LogP contribution in [0.25, 0.3) is 0 Å². The number of halogens is 2. The quantitative estimate of drug-likeness (QED) is 0.901. The Morgan fingerprint density at radius 3 is 3.00 bits per heavy atom. The summed E-state index contributed by atoms with van der Waals surface area (Å²) in [5.74, 6) is 1.72. The molecule has 1 aliphatic heterocycles. The molecule has 4 nitrogen and oxygen atoms in total. The van der Waals surface area contributed by atoms with Crippen molar-refractivity contribution < 1.29 is 18.6 Å². The van der Waals surface area contributed by atoms with Crippen molar-refractivity contribution in [3.8, 4) is 17.2 Å². The summed E-state index contributed by atoms with van der Waals surface area (Å²) in [7, 11) is 0. The van der Waals surface area contributed by atoms with Crippen LogP contribution in [0.15, 0.2) is 30.1 Å². The minimum atomic E-state index is 0. The van der Waals surface area contributed by atoms with Crippen LogP contribution < -0.4 is 19.9 Å². The van der Waals surface area contributed by atoms with E-state index in [1.165, 1.54) is 0 Å². The molecular formula is C11H13ClFNO3. The number of hydrogen-bond donors (Lipinski definition) is 1. The molecule has 2 rings (SSSR count). The highest BCUT2D eigenvalue weighted by atomic mass is 35.5. The fraction of sp³-hybridized carbons (Fsp3) is 0.273. The molecule has 0 aliphatic carbocycles. The normalized spacial score (nSPS) is 13.2. The van der Waals surface area contributed by atoms with Gasteiger partial charge in [0.25, 0.3) is 0 Å². The van der Waals surface area contributed by atoms with E-state index in [0.717, 1.165) is 0 Å². The van der Waals surface area contributed by atoms with Crippen molar-refractivity contribution in [2.75, 3.05) is 19.9 Å². The third-order valence-corrected chi connectivity index (χ3v) is 2.19. The molecule has 0 saturated carbocycles. The Bertz CT molecular complexity index is 412. The van der Waals surface area contributed by atoms with E-state index in [1.54, 1.807) is 18.2 Å². The van der Waals surface area contributed by atoms with Gasteiger partial charge in [0.15, 0.2) is 11.5 Å². The van der Waals surface area contributed by atoms with Crippen LogP contribution in [0, 0.1) is 0 Å². The molecule has 6 heteroatoms. The first kappa shape index (κ1) is 13.6. The number of para-hydroxylation sites is 1. The molecule has 94 valence electrons. The van der Waals surface area contributed by atoms with Crippen LogP contribution in [0.1, 0.15) is 0 Å². The monoisotopic (exact) mass is 261 g/mol. The third-order valence-electron chi connectivity index (χ3n) is 2.19. The van der Waals surface area contributed by atoms with Gasteiger partial charge in [-0.25, -0.2) is 4.39 Å². The van der Waals surface area contributed by atoms with E-state index in [4.69, 9.17) is 19.9 Å². The first-order valence-electron chi connectivity index (χ1n) is 4.84. The van der Waals surface area contributed by atoms with Gasteiger partial charge >= 0.3 is 0 Å². The number of hydrogen-bond acceptors (Lipinski definition) is 4. The smallest absolute Gasteiger partial charge is 0.231 e. The lowest BCUT2D eigenvalue weighted by Crippen LogP contribution is -2.10. The first-order valence-corrected chi connectivity index (χ1v) is 4.84. The molecule has 0 atom stereocenters. The van der Waals surface area contributed by atoms with E-state index in [-0.39, 0.29) is 32.4 Å². The number of benzene rings is 1. The number of fused-ring (bicyclic) bond motifs is 1. The molecule has 0 fully saturated rings. The Morgan fingerprint density at radius 1 is 1.47 bits per heavy atom. The summed E-state index contributed by atoms with van der Waals surface area (Å²) in [4.78, 5) is 0. The zero-order chi connectivity index (χ0) is 11.4. The summed E-state index contributed by atoms with van der Waals surface area (Å²) in [6.07, 6.45) is 0.459. The second-order valence-corrected chi connectivity index (χ2v) is 3.25. The van der Waals surface area contributed by atoms with Crippen LogP contribution in [-0.4, -0.2) is 19.9 Å². The fourth-order valence-electron chi connectivity index (χ4n) is 1.32. The summed E-state index contributed by atoms with van der Waals surface area (Å²) >= 11 is 0. The summed E-state index contributed by atoms with van der Waals surface area (Å²) in [5, 5.41) is 0. The van der Waals surface area contributed by atoms with Gasteiger partial charge in [0.05, 0.1) is 6.33 Å². The molecule has 0 radical (unpaired) electrons. The van der Waals surface area contributed by atoms with Crippen molar-refractivity contribution in [2.45, 2.75) is 0 Å². The Morgan fingerprint density at radius 2 is 2.29 bits per heavy atom. The summed E-state index contributed by atoms with van der Waals surface area (Å²) in [6.45, 7) is 0.411. The SMILES string of the molecule is Cl.NC/C(=C/F)COc1cccc2c1OCO2. The predicted molar refractivity (Wildman–Crippen MR) is 63.6 cm³/mol. The summed E-state index contributed by atoms with van der Waals surface area (Å²) < 4.78 is 28.1. The van der Waals surface area contributed by atoms with E-state index in [0.29, 0.717) is 29.2 Å². The Labute approximate surface area is 105 Å². The summed E-state index contributed by atoms with van der Waals surface area (Å²) in [5.41, 5.74) is 5.70. The minimum absolute atomic E-state index is 0. The Kier molecular flexibility index (Phi) is 5.06. The van der Waals surface area contributed by atoms with Gasteiger partial charge in [-0.05, 0) is 12.1 Å². The van der Waals surface area contributed by atoms with E-state index >= 15 is 0 Å². The van der Waals surface area contributed by atoms with Crippen molar-refractivity contribution in [1.29, 1.82) is 0 Å². The molecule has 1 heterocycles. The largest absolute Gasteiger partial charge is 0.485 e. The topological polar surface area (TPSA) is 53.7 Å². The maximum Gasteiger partial charge on any atom is 0.231 e. The number of nitrogens with two attached hydrogens (primary N) is 1. The highest BCUT2D eigenvalue weighted by Crippen LogP contribution is 2.40. The highest BCUT2D eigenvalue weighted by Gasteiger charge is 2.18. The van der Waals surface area contributed by atoms with Crippen molar-refractivity contribution in [2.24, 2.45) is 5.73 Å². The number of rotatable bonds is 4. The third kappa shape index (κ3) is 3.01. The molecule has 1 aliphatic rings. The van der Waals surface area contributed by atoms with Gasteiger partial charge in [-0.15, -0.1) is 12.4 Å². The van der Waals surface area contributed by atoms with Crippen LogP contribution in [0.3, 0.4) is 0 Å². The van der Waals surface area contributed by atoms with Crippen molar-refractivity contribution in [3.05, 3.63) is 30.1 Å². The van der Waals surface area contributed by atoms with Gasteiger partial charge in [-0.2, -0.15) is 0 Å². The lowest BCUT2D eigenvalue weighted by Gasteiger charge is -2.09. The van der Waals surface area contributed by atoms with Crippen LogP contribution >= 0.6 is 12.4 Å². The average Bonchev–Trinajstić information content (AvgIpc) is 2.79. The fourth-order valence-corrected chi connectivity index (χ4v) is 1.32. The van der Waals surface area contributed by atoms with Gasteiger partial charge in [-0.1, -0.05) is 6.07 Å². The lowest BCUT2D eigenvalue weighted by molar-refractivity contribution is 0.170. The van der Waals surface area contributed by atoms with E-state index in [1.807, 2.05) is 0 Å². The minimum Gasteiger partial charge on any atom is -0.485 e. The zero-order valence-corrected chi connectivity index (χ0v) is 9.84. The molecule has 0 saturated heterocycles. The molecule has 0 bridgehead atoms. The number of ether oxygens (including phenoxy) is 3. The van der Waals surface area contributed by atoms with Gasteiger partial charge in [0.1, 0.15) is 6.61 Å². The van der Waals surface area contributed by atoms with E-state index < -0.39 is 0 Å². The Balaban J connectivity index is 0.00000144. The van der Waals surface area contributed by atoms with Crippen LogP contribution in [0.4, 0.5) is 4.39 Å². The maximum absolute atomic E-state index is 12.3. The van der Waals surface area contributed by atoms with Crippen LogP contribution in [-0.2, 0) is 0 Å². The van der Waals surface area contributed by atoms with E-state index in [2.05, 4.69) is 0 Å². The lowest BCUT2D eigenvalue weighted by atomic mass is 10.3. The second-order valence-electron chi connectivity index (χ2n) is 3.25. The molecule has 17 heavy (non-hydrogen) atoms. The Hall–Kier alpha value is -1.46. The molecule has 0 amide bonds. The standard InChI is InChI=1S/C11H12FNO3.ClH/c12-4-8(5-13)6-14-9-2-1-3-10-11(9)16-7-15-10;/h1-4H,5-7,13H2;1H/b8-4-;. The first-order chi connectivity index (χ1) is 7.85. The average molecular weight is 262 g/mol. The zero-order valence-electron chi connectivity index (χ0n) is 9.02.